The molecule has 0 aliphatic rings. The Kier molecular flexibility index (Phi) is 38.3. The molecule has 2 unspecified atom stereocenters. The van der Waals surface area contributed by atoms with Gasteiger partial charge in [-0.15, -0.1) is 0 Å². The smallest absolute Gasteiger partial charge is 0.462 e. The second-order valence-electron chi connectivity index (χ2n) is 13.1. The molecular weight excluding hydrogens is 713 g/mol. The molecule has 0 saturated carbocycles. The molecule has 55 heavy (non-hydrogen) atoms. The first-order valence-corrected chi connectivity index (χ1v) is 22.2. The minimum Gasteiger partial charge on any atom is -0.462 e. The average Bonchev–Trinajstić information content (AvgIpc) is 3.17. The van der Waals surface area contributed by atoms with E-state index >= 15 is 0 Å². The molecule has 0 heterocycles. The number of allylic oxidation sites excluding steroid dienone is 16. The number of hydrogen-bond donors (Lipinski definition) is 2. The van der Waals surface area contributed by atoms with E-state index in [1.807, 2.05) is 6.08 Å². The lowest BCUT2D eigenvalue weighted by molar-refractivity contribution is -0.161. The fourth-order valence-electron chi connectivity index (χ4n) is 4.91. The average molecular weight is 788 g/mol. The molecule has 0 aromatic rings. The molecule has 0 amide bonds. The number of ether oxygens (including phenoxy) is 2. The van der Waals surface area contributed by atoms with E-state index in [4.69, 9.17) is 24.3 Å². The summed E-state index contributed by atoms with van der Waals surface area (Å²) in [7, 11) is -4.40. The molecule has 3 N–H and O–H groups in total. The highest BCUT2D eigenvalue weighted by Gasteiger charge is 2.25. The van der Waals surface area contributed by atoms with Crippen LogP contribution in [0.3, 0.4) is 0 Å². The lowest BCUT2D eigenvalue weighted by atomic mass is 10.1. The van der Waals surface area contributed by atoms with Gasteiger partial charge in [0.05, 0.1) is 13.2 Å². The highest BCUT2D eigenvalue weighted by atomic mass is 31.2. The second kappa shape index (κ2) is 40.6. The van der Waals surface area contributed by atoms with Gasteiger partial charge in [-0.2, -0.15) is 0 Å². The van der Waals surface area contributed by atoms with E-state index in [9.17, 15) is 19.0 Å². The van der Waals surface area contributed by atoms with Crippen LogP contribution in [0.5, 0.6) is 0 Å². The highest BCUT2D eigenvalue weighted by Crippen LogP contribution is 2.43. The molecule has 0 aromatic carbocycles. The van der Waals surface area contributed by atoms with Crippen LogP contribution in [0.2, 0.25) is 0 Å². The first-order valence-electron chi connectivity index (χ1n) is 20.7. The molecule has 0 radical (unpaired) electrons. The van der Waals surface area contributed by atoms with E-state index in [2.05, 4.69) is 105 Å². The number of rotatable bonds is 37. The molecule has 0 fully saturated rings. The largest absolute Gasteiger partial charge is 0.472 e. The maximum atomic E-state index is 12.5. The van der Waals surface area contributed by atoms with Gasteiger partial charge in [0.15, 0.2) is 6.10 Å². The van der Waals surface area contributed by atoms with Crippen molar-refractivity contribution < 1.29 is 37.6 Å². The summed E-state index contributed by atoms with van der Waals surface area (Å²) in [6.45, 7) is 3.46. The van der Waals surface area contributed by atoms with E-state index in [1.54, 1.807) is 0 Å². The minimum atomic E-state index is -4.40. The van der Waals surface area contributed by atoms with Crippen LogP contribution in [0.15, 0.2) is 97.2 Å². The number of phosphoric acid groups is 1. The predicted molar refractivity (Wildman–Crippen MR) is 228 cm³/mol. The standard InChI is InChI=1S/C45H74NO8P/c1-3-5-7-9-11-13-15-17-19-21-23-25-27-29-31-33-35-37-44(47)51-41-43(42-53-55(49,50)52-40-39-46)54-45(48)38-36-34-32-30-28-26-24-22-20-18-16-14-12-10-8-6-4-2/h6,8,11-14,17-20,23-26,30,32,43H,3-5,7,9-10,15-16,21-22,27-29,31,33-42,46H2,1-2H3,(H,49,50). The lowest BCUT2D eigenvalue weighted by Crippen LogP contribution is -2.29. The Bertz CT molecular complexity index is 1220. The molecule has 0 aliphatic carbocycles. The van der Waals surface area contributed by atoms with Crippen LogP contribution in [0.1, 0.15) is 142 Å². The fourth-order valence-corrected chi connectivity index (χ4v) is 5.67. The Labute approximate surface area is 334 Å². The Morgan fingerprint density at radius 1 is 0.564 bits per heavy atom. The topological polar surface area (TPSA) is 134 Å². The third-order valence-corrected chi connectivity index (χ3v) is 8.94. The van der Waals surface area contributed by atoms with Crippen LogP contribution in [-0.2, 0) is 32.7 Å². The van der Waals surface area contributed by atoms with Gasteiger partial charge in [0, 0.05) is 19.4 Å². The molecule has 0 saturated heterocycles. The van der Waals surface area contributed by atoms with Crippen LogP contribution < -0.4 is 5.73 Å². The van der Waals surface area contributed by atoms with Crippen molar-refractivity contribution in [1.82, 2.24) is 0 Å². The lowest BCUT2D eigenvalue weighted by Gasteiger charge is -2.19. The predicted octanol–water partition coefficient (Wildman–Crippen LogP) is 11.8. The number of carbonyl (C=O) groups excluding carboxylic acids is 2. The Morgan fingerprint density at radius 3 is 1.53 bits per heavy atom. The van der Waals surface area contributed by atoms with Crippen molar-refractivity contribution in [2.75, 3.05) is 26.4 Å². The highest BCUT2D eigenvalue weighted by molar-refractivity contribution is 7.47. The molecule has 0 bridgehead atoms. The van der Waals surface area contributed by atoms with E-state index in [0.29, 0.717) is 19.3 Å². The maximum absolute atomic E-state index is 12.5. The first-order chi connectivity index (χ1) is 26.8. The van der Waals surface area contributed by atoms with Crippen molar-refractivity contribution in [1.29, 1.82) is 0 Å². The molecule has 0 rings (SSSR count). The Morgan fingerprint density at radius 2 is 1.02 bits per heavy atom. The van der Waals surface area contributed by atoms with Gasteiger partial charge in [-0.1, -0.05) is 137 Å². The molecule has 2 atom stereocenters. The second-order valence-corrected chi connectivity index (χ2v) is 14.6. The summed E-state index contributed by atoms with van der Waals surface area (Å²) in [5, 5.41) is 0. The third kappa shape index (κ3) is 40.4. The summed E-state index contributed by atoms with van der Waals surface area (Å²) >= 11 is 0. The summed E-state index contributed by atoms with van der Waals surface area (Å²) in [5.41, 5.74) is 5.34. The Hall–Kier alpha value is -3.07. The van der Waals surface area contributed by atoms with Crippen molar-refractivity contribution in [3.05, 3.63) is 97.2 Å². The quantitative estimate of drug-likeness (QED) is 0.0273. The van der Waals surface area contributed by atoms with Gasteiger partial charge in [0.2, 0.25) is 0 Å². The van der Waals surface area contributed by atoms with Crippen molar-refractivity contribution in [2.24, 2.45) is 5.73 Å². The van der Waals surface area contributed by atoms with Crippen LogP contribution in [0.25, 0.3) is 0 Å². The van der Waals surface area contributed by atoms with Crippen LogP contribution >= 0.6 is 7.82 Å². The fraction of sp³-hybridized carbons (Fsp3) is 0.600. The van der Waals surface area contributed by atoms with Crippen molar-refractivity contribution in [3.8, 4) is 0 Å². The van der Waals surface area contributed by atoms with Crippen molar-refractivity contribution in [2.45, 2.75) is 148 Å². The van der Waals surface area contributed by atoms with Gasteiger partial charge in [0.1, 0.15) is 6.61 Å². The summed E-state index contributed by atoms with van der Waals surface area (Å²) in [6.07, 6.45) is 51.6. The van der Waals surface area contributed by atoms with E-state index < -0.39 is 32.5 Å². The van der Waals surface area contributed by atoms with Gasteiger partial charge in [-0.3, -0.25) is 18.6 Å². The normalized spacial score (nSPS) is 14.3. The molecule has 9 nitrogen and oxygen atoms in total. The maximum Gasteiger partial charge on any atom is 0.472 e. The van der Waals surface area contributed by atoms with Gasteiger partial charge in [0.25, 0.3) is 0 Å². The molecule has 0 aliphatic heterocycles. The zero-order valence-electron chi connectivity index (χ0n) is 34.1. The number of esters is 2. The van der Waals surface area contributed by atoms with Gasteiger partial charge in [-0.25, -0.2) is 4.57 Å². The number of hydrogen-bond acceptors (Lipinski definition) is 8. The number of nitrogens with two attached hydrogens (primary N) is 1. The van der Waals surface area contributed by atoms with E-state index in [0.717, 1.165) is 70.6 Å². The monoisotopic (exact) mass is 788 g/mol. The molecular formula is C45H74NO8P. The minimum absolute atomic E-state index is 0.0354. The summed E-state index contributed by atoms with van der Waals surface area (Å²) in [6, 6.07) is 0. The number of phosphoric ester groups is 1. The Balaban J connectivity index is 4.35. The summed E-state index contributed by atoms with van der Waals surface area (Å²) in [4.78, 5) is 34.8. The van der Waals surface area contributed by atoms with Crippen molar-refractivity contribution in [3.63, 3.8) is 0 Å². The van der Waals surface area contributed by atoms with Crippen LogP contribution in [-0.4, -0.2) is 49.3 Å². The van der Waals surface area contributed by atoms with Crippen LogP contribution in [0.4, 0.5) is 0 Å². The summed E-state index contributed by atoms with van der Waals surface area (Å²) in [5.74, 6) is -0.934. The van der Waals surface area contributed by atoms with Crippen molar-refractivity contribution >= 4 is 19.8 Å². The molecule has 10 heteroatoms. The van der Waals surface area contributed by atoms with Gasteiger partial charge >= 0.3 is 19.8 Å². The zero-order valence-corrected chi connectivity index (χ0v) is 35.0. The number of carbonyl (C=O) groups is 2. The van der Waals surface area contributed by atoms with Gasteiger partial charge < -0.3 is 20.1 Å². The molecule has 0 spiro atoms. The van der Waals surface area contributed by atoms with E-state index in [1.165, 1.54) is 25.7 Å². The molecule has 312 valence electrons. The zero-order chi connectivity index (χ0) is 40.3. The van der Waals surface area contributed by atoms with Crippen LogP contribution in [0, 0.1) is 0 Å². The molecule has 0 aromatic heterocycles. The number of unbranched alkanes of at least 4 members (excludes halogenated alkanes) is 8. The van der Waals surface area contributed by atoms with Gasteiger partial charge in [-0.05, 0) is 89.9 Å². The summed E-state index contributed by atoms with van der Waals surface area (Å²) < 4.78 is 32.6. The van der Waals surface area contributed by atoms with E-state index in [-0.39, 0.29) is 32.6 Å². The third-order valence-electron chi connectivity index (χ3n) is 7.95. The SMILES string of the molecule is CCC=CCC=CCC=CCC=CCC=CCCCC(=O)OC(COC(=O)CCCCCCC=CCC=CCC=CCCCCC)COP(=O)(O)OCCN. The first kappa shape index (κ1) is 51.9.